The second-order valence-corrected chi connectivity index (χ2v) is 6.95. The van der Waals surface area contributed by atoms with Crippen molar-refractivity contribution in [3.63, 3.8) is 0 Å². The maximum absolute atomic E-state index is 5.36. The van der Waals surface area contributed by atoms with Gasteiger partial charge in [-0.2, -0.15) is 0 Å². The molecule has 0 bridgehead atoms. The fourth-order valence-corrected chi connectivity index (χ4v) is 3.44. The molecule has 0 rings (SSSR count). The molecule has 0 aliphatic rings. The lowest BCUT2D eigenvalue weighted by Gasteiger charge is -2.24. The molecule has 0 aromatic rings. The summed E-state index contributed by atoms with van der Waals surface area (Å²) >= 11 is 0. The predicted octanol–water partition coefficient (Wildman–Crippen LogP) is 0.179. The predicted molar refractivity (Wildman–Crippen MR) is 63.1 cm³/mol. The van der Waals surface area contributed by atoms with Crippen LogP contribution in [0.5, 0.6) is 0 Å². The van der Waals surface area contributed by atoms with E-state index in [9.17, 15) is 0 Å². The second-order valence-electron chi connectivity index (χ2n) is 3.86. The maximum Gasteiger partial charge on any atom is 0.500 e. The Morgan fingerprint density at radius 2 is 1.53 bits per heavy atom. The van der Waals surface area contributed by atoms with Gasteiger partial charge in [-0.1, -0.05) is 6.92 Å². The molecule has 0 saturated heterocycles. The Bertz CT molecular complexity index is 145. The van der Waals surface area contributed by atoms with E-state index in [0.717, 1.165) is 19.0 Å². The molecule has 0 saturated carbocycles. The third kappa shape index (κ3) is 5.63. The number of quaternary nitrogens is 1. The average Bonchev–Trinajstić information content (AvgIpc) is 2.25. The van der Waals surface area contributed by atoms with Crippen molar-refractivity contribution in [3.8, 4) is 0 Å². The number of rotatable bonds is 9. The highest BCUT2D eigenvalue weighted by molar-refractivity contribution is 6.60. The zero-order chi connectivity index (χ0) is 11.7. The van der Waals surface area contributed by atoms with Crippen LogP contribution in [0.1, 0.15) is 19.8 Å². The zero-order valence-corrected chi connectivity index (χ0v) is 11.8. The van der Waals surface area contributed by atoms with Crippen LogP contribution < -0.4 is 4.90 Å². The van der Waals surface area contributed by atoms with E-state index in [4.69, 9.17) is 13.3 Å². The van der Waals surface area contributed by atoms with E-state index in [-0.39, 0.29) is 0 Å². The van der Waals surface area contributed by atoms with Crippen molar-refractivity contribution in [3.05, 3.63) is 0 Å². The molecule has 0 heterocycles. The lowest BCUT2D eigenvalue weighted by Crippen LogP contribution is -3.08. The van der Waals surface area contributed by atoms with Crippen LogP contribution >= 0.6 is 0 Å². The molecule has 0 aliphatic carbocycles. The summed E-state index contributed by atoms with van der Waals surface area (Å²) in [5, 5.41) is 0. The fraction of sp³-hybridized carbons (Fsp3) is 1.00. The van der Waals surface area contributed by atoms with Crippen molar-refractivity contribution < 1.29 is 18.2 Å². The van der Waals surface area contributed by atoms with Gasteiger partial charge >= 0.3 is 8.80 Å². The monoisotopic (exact) mass is 236 g/mol. The minimum Gasteiger partial charge on any atom is -0.377 e. The van der Waals surface area contributed by atoms with Gasteiger partial charge in [-0.25, -0.2) is 0 Å². The van der Waals surface area contributed by atoms with Crippen LogP contribution in [0.4, 0.5) is 0 Å². The van der Waals surface area contributed by atoms with E-state index in [1.54, 1.807) is 26.2 Å². The standard InChI is InChI=1S/C10H25NO3Si/c1-6-8-11(2)9-7-10-15(12-3,13-4)14-5/h6-10H2,1-5H3/p+1. The molecule has 1 N–H and O–H groups in total. The normalized spacial score (nSPS) is 14.2. The van der Waals surface area contributed by atoms with E-state index in [1.165, 1.54) is 13.0 Å². The van der Waals surface area contributed by atoms with Gasteiger partial charge in [0.1, 0.15) is 0 Å². The number of hydrogen-bond acceptors (Lipinski definition) is 3. The van der Waals surface area contributed by atoms with Crippen LogP contribution in [0, 0.1) is 0 Å². The maximum atomic E-state index is 5.36. The van der Waals surface area contributed by atoms with E-state index in [1.807, 2.05) is 0 Å². The van der Waals surface area contributed by atoms with Gasteiger partial charge in [0.25, 0.3) is 0 Å². The van der Waals surface area contributed by atoms with Gasteiger partial charge in [-0.3, -0.25) is 0 Å². The topological polar surface area (TPSA) is 32.1 Å². The van der Waals surface area contributed by atoms with Crippen LogP contribution in [-0.4, -0.2) is 50.3 Å². The van der Waals surface area contributed by atoms with E-state index < -0.39 is 8.80 Å². The van der Waals surface area contributed by atoms with E-state index >= 15 is 0 Å². The Morgan fingerprint density at radius 1 is 1.00 bits per heavy atom. The molecule has 0 aromatic carbocycles. The van der Waals surface area contributed by atoms with Gasteiger partial charge < -0.3 is 18.2 Å². The molecule has 1 unspecified atom stereocenters. The van der Waals surface area contributed by atoms with Crippen molar-refractivity contribution >= 4 is 8.80 Å². The molecule has 15 heavy (non-hydrogen) atoms. The first-order valence-corrected chi connectivity index (χ1v) is 7.54. The second kappa shape index (κ2) is 8.24. The Labute approximate surface area is 94.9 Å². The lowest BCUT2D eigenvalue weighted by molar-refractivity contribution is -0.879. The first kappa shape index (κ1) is 15.1. The largest absolute Gasteiger partial charge is 0.500 e. The van der Waals surface area contributed by atoms with Crippen LogP contribution in [0.3, 0.4) is 0 Å². The SMILES string of the molecule is CCC[NH+](C)CCC[Si](OC)(OC)OC. The van der Waals surface area contributed by atoms with Gasteiger partial charge in [0.2, 0.25) is 0 Å². The summed E-state index contributed by atoms with van der Waals surface area (Å²) in [4.78, 5) is 1.56. The molecule has 0 spiro atoms. The Hall–Kier alpha value is 0.0569. The zero-order valence-electron chi connectivity index (χ0n) is 10.8. The molecule has 92 valence electrons. The van der Waals surface area contributed by atoms with Gasteiger partial charge in [0, 0.05) is 33.8 Å². The van der Waals surface area contributed by atoms with Crippen LogP contribution in [0.25, 0.3) is 0 Å². The Kier molecular flexibility index (Phi) is 8.27. The van der Waals surface area contributed by atoms with Gasteiger partial charge in [-0.15, -0.1) is 0 Å². The van der Waals surface area contributed by atoms with Gasteiger partial charge in [0.05, 0.1) is 20.1 Å². The van der Waals surface area contributed by atoms with Gasteiger partial charge in [-0.05, 0) is 6.42 Å². The molecule has 5 heteroatoms. The summed E-state index contributed by atoms with van der Waals surface area (Å²) in [6.07, 6.45) is 2.32. The lowest BCUT2D eigenvalue weighted by atomic mass is 10.4. The molecular weight excluding hydrogens is 210 g/mol. The highest BCUT2D eigenvalue weighted by Gasteiger charge is 2.37. The molecular formula is C10H26NO3Si+. The van der Waals surface area contributed by atoms with E-state index in [0.29, 0.717) is 0 Å². The number of hydrogen-bond donors (Lipinski definition) is 1. The first-order valence-electron chi connectivity index (χ1n) is 5.60. The fourth-order valence-electron chi connectivity index (χ4n) is 1.71. The molecule has 0 fully saturated rings. The summed E-state index contributed by atoms with van der Waals surface area (Å²) in [5.74, 6) is 0. The summed E-state index contributed by atoms with van der Waals surface area (Å²) in [6.45, 7) is 4.59. The first-order chi connectivity index (χ1) is 7.14. The minimum atomic E-state index is -2.32. The summed E-state index contributed by atoms with van der Waals surface area (Å²) in [7, 11) is 4.91. The van der Waals surface area contributed by atoms with Crippen molar-refractivity contribution in [2.24, 2.45) is 0 Å². The third-order valence-corrected chi connectivity index (χ3v) is 5.53. The molecule has 0 aromatic heterocycles. The highest BCUT2D eigenvalue weighted by atomic mass is 28.4. The van der Waals surface area contributed by atoms with Crippen molar-refractivity contribution in [1.29, 1.82) is 0 Å². The molecule has 0 radical (unpaired) electrons. The summed E-state index contributed by atoms with van der Waals surface area (Å²) < 4.78 is 16.1. The average molecular weight is 236 g/mol. The summed E-state index contributed by atoms with van der Waals surface area (Å²) in [6, 6.07) is 0.900. The Balaban J connectivity index is 3.80. The van der Waals surface area contributed by atoms with Crippen LogP contribution in [0.15, 0.2) is 0 Å². The van der Waals surface area contributed by atoms with Gasteiger partial charge in [0.15, 0.2) is 0 Å². The molecule has 1 atom stereocenters. The van der Waals surface area contributed by atoms with Crippen LogP contribution in [0.2, 0.25) is 6.04 Å². The van der Waals surface area contributed by atoms with Crippen molar-refractivity contribution in [2.75, 3.05) is 41.5 Å². The minimum absolute atomic E-state index is 0.900. The van der Waals surface area contributed by atoms with Crippen LogP contribution in [-0.2, 0) is 13.3 Å². The van der Waals surface area contributed by atoms with E-state index in [2.05, 4.69) is 14.0 Å². The summed E-state index contributed by atoms with van der Waals surface area (Å²) in [5.41, 5.74) is 0. The smallest absolute Gasteiger partial charge is 0.377 e. The third-order valence-electron chi connectivity index (χ3n) is 2.70. The molecule has 0 amide bonds. The highest BCUT2D eigenvalue weighted by Crippen LogP contribution is 2.13. The number of nitrogens with one attached hydrogen (secondary N) is 1. The quantitative estimate of drug-likeness (QED) is 0.580. The van der Waals surface area contributed by atoms with Crippen molar-refractivity contribution in [1.82, 2.24) is 0 Å². The Morgan fingerprint density at radius 3 is 1.93 bits per heavy atom. The molecule has 0 aliphatic heterocycles. The molecule has 4 nitrogen and oxygen atoms in total. The van der Waals surface area contributed by atoms with Crippen molar-refractivity contribution in [2.45, 2.75) is 25.8 Å².